The summed E-state index contributed by atoms with van der Waals surface area (Å²) in [6, 6.07) is 10.6. The van der Waals surface area contributed by atoms with E-state index in [0.29, 0.717) is 12.3 Å². The molecule has 18 heavy (non-hydrogen) atoms. The molecule has 0 heterocycles. The van der Waals surface area contributed by atoms with Crippen LogP contribution in [-0.2, 0) is 0 Å². The van der Waals surface area contributed by atoms with E-state index in [1.807, 2.05) is 6.92 Å². The van der Waals surface area contributed by atoms with Gasteiger partial charge in [-0.3, -0.25) is 0 Å². The van der Waals surface area contributed by atoms with E-state index in [-0.39, 0.29) is 6.04 Å². The standard InChI is InChI=1S/C15H23N3/c1-12(2)11-18(10-4-9-16)15-7-5-14(6-8-15)13(3)17/h5-8,12-13H,4,10-11,17H2,1-3H3/t13-/m0/s1. The Kier molecular flexibility index (Phi) is 5.67. The van der Waals surface area contributed by atoms with Crippen molar-refractivity contribution >= 4 is 5.69 Å². The average Bonchev–Trinajstić information content (AvgIpc) is 2.34. The van der Waals surface area contributed by atoms with Crippen LogP contribution in [0.4, 0.5) is 5.69 Å². The van der Waals surface area contributed by atoms with Gasteiger partial charge in [0.2, 0.25) is 0 Å². The van der Waals surface area contributed by atoms with E-state index in [4.69, 9.17) is 11.0 Å². The molecule has 0 radical (unpaired) electrons. The highest BCUT2D eigenvalue weighted by atomic mass is 15.1. The Morgan fingerprint density at radius 3 is 2.28 bits per heavy atom. The summed E-state index contributed by atoms with van der Waals surface area (Å²) >= 11 is 0. The third kappa shape index (κ3) is 4.38. The number of nitrogens with zero attached hydrogens (tertiary/aromatic N) is 2. The summed E-state index contributed by atoms with van der Waals surface area (Å²) in [6.07, 6.45) is 0.557. The summed E-state index contributed by atoms with van der Waals surface area (Å²) in [5, 5.41) is 8.72. The Morgan fingerprint density at radius 2 is 1.83 bits per heavy atom. The number of rotatable bonds is 6. The van der Waals surface area contributed by atoms with Crippen molar-refractivity contribution < 1.29 is 0 Å². The number of nitriles is 1. The van der Waals surface area contributed by atoms with Crippen LogP contribution in [0.5, 0.6) is 0 Å². The van der Waals surface area contributed by atoms with Crippen LogP contribution in [0, 0.1) is 17.2 Å². The van der Waals surface area contributed by atoms with Crippen molar-refractivity contribution in [2.75, 3.05) is 18.0 Å². The monoisotopic (exact) mass is 245 g/mol. The smallest absolute Gasteiger partial charge is 0.0640 e. The molecule has 3 heteroatoms. The van der Waals surface area contributed by atoms with Crippen LogP contribution in [-0.4, -0.2) is 13.1 Å². The van der Waals surface area contributed by atoms with Gasteiger partial charge in [0, 0.05) is 24.8 Å². The van der Waals surface area contributed by atoms with Crippen molar-refractivity contribution in [1.29, 1.82) is 5.26 Å². The average molecular weight is 245 g/mol. The molecule has 0 spiro atoms. The summed E-state index contributed by atoms with van der Waals surface area (Å²) in [5.41, 5.74) is 8.16. The highest BCUT2D eigenvalue weighted by Gasteiger charge is 2.09. The van der Waals surface area contributed by atoms with Gasteiger partial charge >= 0.3 is 0 Å². The lowest BCUT2D eigenvalue weighted by atomic mass is 10.1. The Balaban J connectivity index is 2.81. The number of anilines is 1. The van der Waals surface area contributed by atoms with Gasteiger partial charge in [0.1, 0.15) is 0 Å². The van der Waals surface area contributed by atoms with E-state index >= 15 is 0 Å². The molecule has 1 aromatic carbocycles. The van der Waals surface area contributed by atoms with Crippen molar-refractivity contribution in [3.8, 4) is 6.07 Å². The third-order valence-electron chi connectivity index (χ3n) is 2.86. The van der Waals surface area contributed by atoms with Crippen molar-refractivity contribution in [2.24, 2.45) is 11.7 Å². The number of nitrogens with two attached hydrogens (primary N) is 1. The predicted molar refractivity (Wildman–Crippen MR) is 76.3 cm³/mol. The number of hydrogen-bond donors (Lipinski definition) is 1. The molecule has 0 aromatic heterocycles. The number of hydrogen-bond acceptors (Lipinski definition) is 3. The van der Waals surface area contributed by atoms with Crippen LogP contribution in [0.1, 0.15) is 38.8 Å². The summed E-state index contributed by atoms with van der Waals surface area (Å²) in [7, 11) is 0. The lowest BCUT2D eigenvalue weighted by molar-refractivity contribution is 0.612. The molecule has 0 fully saturated rings. The van der Waals surface area contributed by atoms with Gasteiger partial charge in [-0.05, 0) is 30.5 Å². The van der Waals surface area contributed by atoms with E-state index in [0.717, 1.165) is 18.7 Å². The van der Waals surface area contributed by atoms with E-state index in [1.165, 1.54) is 5.69 Å². The van der Waals surface area contributed by atoms with Crippen molar-refractivity contribution in [3.05, 3.63) is 29.8 Å². The maximum atomic E-state index is 8.72. The van der Waals surface area contributed by atoms with Gasteiger partial charge in [0.15, 0.2) is 0 Å². The molecule has 0 saturated carbocycles. The van der Waals surface area contributed by atoms with Gasteiger partial charge < -0.3 is 10.6 Å². The summed E-state index contributed by atoms with van der Waals surface area (Å²) in [6.45, 7) is 8.12. The molecule has 0 unspecified atom stereocenters. The molecular formula is C15H23N3. The van der Waals surface area contributed by atoms with E-state index in [1.54, 1.807) is 0 Å². The summed E-state index contributed by atoms with van der Waals surface area (Å²) in [5.74, 6) is 0.580. The van der Waals surface area contributed by atoms with Gasteiger partial charge in [0.25, 0.3) is 0 Å². The van der Waals surface area contributed by atoms with Crippen LogP contribution in [0.25, 0.3) is 0 Å². The minimum Gasteiger partial charge on any atom is -0.370 e. The lowest BCUT2D eigenvalue weighted by Gasteiger charge is -2.26. The minimum atomic E-state index is 0.0664. The first-order valence-electron chi connectivity index (χ1n) is 6.52. The first kappa shape index (κ1) is 14.5. The molecule has 0 aliphatic rings. The highest BCUT2D eigenvalue weighted by Crippen LogP contribution is 2.19. The fourth-order valence-corrected chi connectivity index (χ4v) is 1.94. The molecule has 0 aliphatic carbocycles. The molecule has 2 N–H and O–H groups in total. The zero-order valence-corrected chi connectivity index (χ0v) is 11.6. The summed E-state index contributed by atoms with van der Waals surface area (Å²) in [4.78, 5) is 2.26. The second-order valence-electron chi connectivity index (χ2n) is 5.13. The molecule has 1 rings (SSSR count). The van der Waals surface area contributed by atoms with Crippen LogP contribution in [0.3, 0.4) is 0 Å². The zero-order chi connectivity index (χ0) is 13.5. The Bertz CT molecular complexity index is 387. The number of benzene rings is 1. The van der Waals surface area contributed by atoms with Crippen LogP contribution >= 0.6 is 0 Å². The van der Waals surface area contributed by atoms with Gasteiger partial charge in [-0.2, -0.15) is 5.26 Å². The lowest BCUT2D eigenvalue weighted by Crippen LogP contribution is -2.28. The van der Waals surface area contributed by atoms with Crippen molar-refractivity contribution in [1.82, 2.24) is 0 Å². The van der Waals surface area contributed by atoms with Gasteiger partial charge in [-0.1, -0.05) is 26.0 Å². The molecule has 0 bridgehead atoms. The van der Waals surface area contributed by atoms with Gasteiger partial charge in [-0.25, -0.2) is 0 Å². The Hall–Kier alpha value is -1.53. The fraction of sp³-hybridized carbons (Fsp3) is 0.533. The van der Waals surface area contributed by atoms with Gasteiger partial charge in [0.05, 0.1) is 12.5 Å². The zero-order valence-electron chi connectivity index (χ0n) is 11.6. The van der Waals surface area contributed by atoms with Crippen molar-refractivity contribution in [2.45, 2.75) is 33.2 Å². The van der Waals surface area contributed by atoms with E-state index in [9.17, 15) is 0 Å². The molecule has 98 valence electrons. The first-order valence-corrected chi connectivity index (χ1v) is 6.52. The van der Waals surface area contributed by atoms with E-state index in [2.05, 4.69) is 49.1 Å². The SMILES string of the molecule is CC(C)CN(CCC#N)c1ccc([C@H](C)N)cc1. The second-order valence-corrected chi connectivity index (χ2v) is 5.13. The van der Waals surface area contributed by atoms with Gasteiger partial charge in [-0.15, -0.1) is 0 Å². The Morgan fingerprint density at radius 1 is 1.22 bits per heavy atom. The molecule has 0 saturated heterocycles. The minimum absolute atomic E-state index is 0.0664. The van der Waals surface area contributed by atoms with Crippen LogP contribution < -0.4 is 10.6 Å². The largest absolute Gasteiger partial charge is 0.370 e. The molecular weight excluding hydrogens is 222 g/mol. The molecule has 1 atom stereocenters. The van der Waals surface area contributed by atoms with Crippen LogP contribution in [0.15, 0.2) is 24.3 Å². The maximum absolute atomic E-state index is 8.72. The normalized spacial score (nSPS) is 12.2. The highest BCUT2D eigenvalue weighted by molar-refractivity contribution is 5.48. The summed E-state index contributed by atoms with van der Waals surface area (Å²) < 4.78 is 0. The maximum Gasteiger partial charge on any atom is 0.0640 e. The quantitative estimate of drug-likeness (QED) is 0.838. The molecule has 0 amide bonds. The molecule has 0 aliphatic heterocycles. The molecule has 1 aromatic rings. The van der Waals surface area contributed by atoms with E-state index < -0.39 is 0 Å². The van der Waals surface area contributed by atoms with Crippen molar-refractivity contribution in [3.63, 3.8) is 0 Å². The first-order chi connectivity index (χ1) is 8.54. The predicted octanol–water partition coefficient (Wildman–Crippen LogP) is 3.08. The Labute approximate surface area is 110 Å². The molecule has 3 nitrogen and oxygen atoms in total. The third-order valence-corrected chi connectivity index (χ3v) is 2.86. The topological polar surface area (TPSA) is 53.0 Å². The second kappa shape index (κ2) is 7.03. The fourth-order valence-electron chi connectivity index (χ4n) is 1.94. The van der Waals surface area contributed by atoms with Crippen LogP contribution in [0.2, 0.25) is 0 Å².